The van der Waals surface area contributed by atoms with Gasteiger partial charge in [0.15, 0.2) is 18.1 Å². The van der Waals surface area contributed by atoms with Crippen molar-refractivity contribution < 1.29 is 24.2 Å². The largest absolute Gasteiger partial charge is 0.490 e. The molecule has 0 saturated carbocycles. The number of carboxylic acids is 1. The van der Waals surface area contributed by atoms with Crippen LogP contribution >= 0.6 is 0 Å². The number of carbonyl (C=O) groups excluding carboxylic acids is 1. The maximum absolute atomic E-state index is 10.5. The van der Waals surface area contributed by atoms with E-state index < -0.39 is 12.6 Å². The lowest BCUT2D eigenvalue weighted by Crippen LogP contribution is -2.11. The number of hydrogen-bond acceptors (Lipinski definition) is 4. The zero-order chi connectivity index (χ0) is 13.4. The first-order chi connectivity index (χ1) is 8.69. The average Bonchev–Trinajstić information content (AvgIpc) is 2.35. The van der Waals surface area contributed by atoms with E-state index in [1.165, 1.54) is 12.2 Å². The molecule has 0 radical (unpaired) electrons. The third kappa shape index (κ3) is 3.93. The molecule has 1 rings (SSSR count). The Kier molecular flexibility index (Phi) is 5.44. The van der Waals surface area contributed by atoms with E-state index in [-0.39, 0.29) is 0 Å². The first-order valence-corrected chi connectivity index (χ1v) is 5.41. The predicted molar refractivity (Wildman–Crippen MR) is 65.8 cm³/mol. The summed E-state index contributed by atoms with van der Waals surface area (Å²) in [5, 5.41) is 8.62. The van der Waals surface area contributed by atoms with Crippen LogP contribution in [0.25, 0.3) is 6.08 Å². The fraction of sp³-hybridized carbons (Fsp3) is 0.231. The molecule has 0 atom stereocenters. The highest BCUT2D eigenvalue weighted by molar-refractivity contribution is 5.76. The molecule has 0 heterocycles. The van der Waals surface area contributed by atoms with Crippen LogP contribution in [0.4, 0.5) is 0 Å². The number of ether oxygens (including phenoxy) is 2. The van der Waals surface area contributed by atoms with Gasteiger partial charge in [-0.3, -0.25) is 4.79 Å². The molecular formula is C13H14O5. The fourth-order valence-electron chi connectivity index (χ4n) is 1.36. The molecular weight excluding hydrogens is 236 g/mol. The van der Waals surface area contributed by atoms with E-state index in [4.69, 9.17) is 14.6 Å². The van der Waals surface area contributed by atoms with Crippen LogP contribution in [0.2, 0.25) is 0 Å². The molecule has 1 aromatic rings. The van der Waals surface area contributed by atoms with Crippen molar-refractivity contribution in [2.75, 3.05) is 13.2 Å². The summed E-state index contributed by atoms with van der Waals surface area (Å²) in [4.78, 5) is 20.8. The van der Waals surface area contributed by atoms with Crippen LogP contribution in [0.15, 0.2) is 24.3 Å². The van der Waals surface area contributed by atoms with Crippen molar-refractivity contribution in [2.24, 2.45) is 0 Å². The van der Waals surface area contributed by atoms with E-state index >= 15 is 0 Å². The number of rotatable bonds is 7. The van der Waals surface area contributed by atoms with Crippen molar-refractivity contribution in [3.05, 3.63) is 29.8 Å². The summed E-state index contributed by atoms with van der Waals surface area (Å²) in [5.74, 6) is -0.307. The number of para-hydroxylation sites is 1. The normalized spacial score (nSPS) is 10.3. The van der Waals surface area contributed by atoms with Crippen LogP contribution in [0.5, 0.6) is 11.5 Å². The summed E-state index contributed by atoms with van der Waals surface area (Å²) in [6.45, 7) is 1.78. The van der Waals surface area contributed by atoms with Gasteiger partial charge in [-0.15, -0.1) is 0 Å². The minimum Gasteiger partial charge on any atom is -0.490 e. The Morgan fingerprint density at radius 1 is 1.39 bits per heavy atom. The van der Waals surface area contributed by atoms with E-state index in [2.05, 4.69) is 0 Å². The summed E-state index contributed by atoms with van der Waals surface area (Å²) in [6, 6.07) is 5.13. The van der Waals surface area contributed by atoms with Gasteiger partial charge >= 0.3 is 5.97 Å². The topological polar surface area (TPSA) is 72.8 Å². The minimum atomic E-state index is -1.08. The van der Waals surface area contributed by atoms with Crippen LogP contribution in [0.3, 0.4) is 0 Å². The maximum atomic E-state index is 10.5. The second kappa shape index (κ2) is 7.11. The van der Waals surface area contributed by atoms with Gasteiger partial charge in [-0.2, -0.15) is 0 Å². The van der Waals surface area contributed by atoms with Gasteiger partial charge in [-0.25, -0.2) is 4.79 Å². The van der Waals surface area contributed by atoms with E-state index in [1.54, 1.807) is 18.2 Å². The number of benzene rings is 1. The highest BCUT2D eigenvalue weighted by atomic mass is 16.5. The first kappa shape index (κ1) is 13.8. The minimum absolute atomic E-state index is 0.319. The summed E-state index contributed by atoms with van der Waals surface area (Å²) >= 11 is 0. The molecule has 0 aliphatic rings. The zero-order valence-electron chi connectivity index (χ0n) is 9.96. The zero-order valence-corrected chi connectivity index (χ0v) is 9.96. The van der Waals surface area contributed by atoms with Gasteiger partial charge in [0, 0.05) is 5.56 Å². The highest BCUT2D eigenvalue weighted by Crippen LogP contribution is 2.32. The van der Waals surface area contributed by atoms with Gasteiger partial charge in [0.25, 0.3) is 0 Å². The van der Waals surface area contributed by atoms with Gasteiger partial charge in [0.05, 0.1) is 6.61 Å². The molecule has 0 saturated heterocycles. The molecule has 0 aromatic heterocycles. The van der Waals surface area contributed by atoms with Crippen LogP contribution in [0, 0.1) is 0 Å². The predicted octanol–water partition coefficient (Wildman–Crippen LogP) is 1.76. The molecule has 0 unspecified atom stereocenters. The summed E-state index contributed by atoms with van der Waals surface area (Å²) in [5.41, 5.74) is 0.592. The number of aldehydes is 1. The van der Waals surface area contributed by atoms with E-state index in [0.717, 1.165) is 0 Å². The quantitative estimate of drug-likeness (QED) is 0.589. The molecule has 5 heteroatoms. The number of hydrogen-bond donors (Lipinski definition) is 1. The van der Waals surface area contributed by atoms with E-state index in [9.17, 15) is 9.59 Å². The second-order valence-corrected chi connectivity index (χ2v) is 3.29. The molecule has 96 valence electrons. The van der Waals surface area contributed by atoms with Crippen molar-refractivity contribution in [1.29, 1.82) is 0 Å². The van der Waals surface area contributed by atoms with Gasteiger partial charge in [-0.05, 0) is 25.1 Å². The Morgan fingerprint density at radius 3 is 2.78 bits per heavy atom. The average molecular weight is 250 g/mol. The fourth-order valence-corrected chi connectivity index (χ4v) is 1.36. The third-order valence-electron chi connectivity index (χ3n) is 2.00. The van der Waals surface area contributed by atoms with Crippen molar-refractivity contribution in [3.63, 3.8) is 0 Å². The summed E-state index contributed by atoms with van der Waals surface area (Å²) < 4.78 is 10.5. The summed E-state index contributed by atoms with van der Waals surface area (Å²) in [7, 11) is 0. The molecule has 1 aromatic carbocycles. The lowest BCUT2D eigenvalue weighted by molar-refractivity contribution is -0.139. The van der Waals surface area contributed by atoms with Crippen molar-refractivity contribution in [1.82, 2.24) is 0 Å². The lowest BCUT2D eigenvalue weighted by atomic mass is 10.1. The summed E-state index contributed by atoms with van der Waals surface area (Å²) in [6.07, 6.45) is 3.47. The number of allylic oxidation sites excluding steroid dienone is 1. The Bertz CT molecular complexity index is 451. The maximum Gasteiger partial charge on any atom is 0.341 e. The van der Waals surface area contributed by atoms with Crippen LogP contribution in [-0.2, 0) is 9.59 Å². The van der Waals surface area contributed by atoms with E-state index in [0.29, 0.717) is 30.0 Å². The number of carboxylic acid groups (broad SMARTS) is 1. The lowest BCUT2D eigenvalue weighted by Gasteiger charge is -2.12. The van der Waals surface area contributed by atoms with Crippen LogP contribution in [0.1, 0.15) is 12.5 Å². The van der Waals surface area contributed by atoms with Gasteiger partial charge < -0.3 is 14.6 Å². The Hall–Kier alpha value is -2.30. The Balaban J connectivity index is 3.06. The standard InChI is InChI=1S/C13H14O5/c1-2-17-11-7-3-5-10(6-4-8-14)13(11)18-9-12(15)16/h3-8H,2,9H2,1H3,(H,15,16). The molecule has 0 spiro atoms. The van der Waals surface area contributed by atoms with Gasteiger partial charge in [0.2, 0.25) is 0 Å². The van der Waals surface area contributed by atoms with Crippen LogP contribution in [-0.4, -0.2) is 30.6 Å². The van der Waals surface area contributed by atoms with Gasteiger partial charge in [0.1, 0.15) is 6.29 Å². The Labute approximate surface area is 105 Å². The van der Waals surface area contributed by atoms with Crippen LogP contribution < -0.4 is 9.47 Å². The van der Waals surface area contributed by atoms with Crippen molar-refractivity contribution in [2.45, 2.75) is 6.92 Å². The molecule has 5 nitrogen and oxygen atoms in total. The number of aliphatic carboxylic acids is 1. The molecule has 0 aliphatic carbocycles. The monoisotopic (exact) mass is 250 g/mol. The third-order valence-corrected chi connectivity index (χ3v) is 2.00. The van der Waals surface area contributed by atoms with Crippen molar-refractivity contribution in [3.8, 4) is 11.5 Å². The van der Waals surface area contributed by atoms with E-state index in [1.807, 2.05) is 6.92 Å². The Morgan fingerprint density at radius 2 is 2.17 bits per heavy atom. The smallest absolute Gasteiger partial charge is 0.341 e. The second-order valence-electron chi connectivity index (χ2n) is 3.29. The molecule has 1 N–H and O–H groups in total. The molecule has 0 fully saturated rings. The van der Waals surface area contributed by atoms with Crippen molar-refractivity contribution >= 4 is 18.3 Å². The first-order valence-electron chi connectivity index (χ1n) is 5.41. The SMILES string of the molecule is CCOc1cccc(C=CC=O)c1OCC(=O)O. The molecule has 0 bridgehead atoms. The highest BCUT2D eigenvalue weighted by Gasteiger charge is 2.10. The molecule has 0 aliphatic heterocycles. The molecule has 0 amide bonds. The van der Waals surface area contributed by atoms with Gasteiger partial charge in [-0.1, -0.05) is 12.1 Å². The molecule has 18 heavy (non-hydrogen) atoms. The number of carbonyl (C=O) groups is 2.